The van der Waals surface area contributed by atoms with Crippen molar-refractivity contribution >= 4 is 11.6 Å². The summed E-state index contributed by atoms with van der Waals surface area (Å²) in [4.78, 5) is 24.1. The van der Waals surface area contributed by atoms with E-state index in [0.717, 1.165) is 19.0 Å². The molecule has 1 heterocycles. The Morgan fingerprint density at radius 2 is 2.22 bits per heavy atom. The molecule has 0 spiro atoms. The third kappa shape index (κ3) is 4.76. The van der Waals surface area contributed by atoms with Crippen molar-refractivity contribution in [1.29, 1.82) is 0 Å². The van der Waals surface area contributed by atoms with Crippen LogP contribution < -0.4 is 10.2 Å². The Morgan fingerprint density at radius 3 is 2.87 bits per heavy atom. The van der Waals surface area contributed by atoms with Crippen molar-refractivity contribution in [2.24, 2.45) is 0 Å². The first-order valence-electron chi connectivity index (χ1n) is 8.37. The SMILES string of the molecule is Cc1cc(C(=O)NCCC[NH+]2CCCC[C@@H]2C)ccc1[N+](=O)[O-]. The number of hydrogen-bond donors (Lipinski definition) is 2. The number of piperidine rings is 1. The van der Waals surface area contributed by atoms with Crippen molar-refractivity contribution in [3.63, 3.8) is 0 Å². The second kappa shape index (κ2) is 8.06. The van der Waals surface area contributed by atoms with E-state index in [4.69, 9.17) is 0 Å². The van der Waals surface area contributed by atoms with Gasteiger partial charge in [0.2, 0.25) is 0 Å². The number of amides is 1. The standard InChI is InChI=1S/C17H25N3O3/c1-13-12-15(7-8-16(13)20(22)23)17(21)18-9-5-11-19-10-4-3-6-14(19)2/h7-8,12,14H,3-6,9-11H2,1-2H3,(H,18,21)/p+1/t14-/m0/s1. The van der Waals surface area contributed by atoms with Crippen LogP contribution in [0.1, 0.15) is 48.5 Å². The zero-order valence-electron chi connectivity index (χ0n) is 13.9. The second-order valence-corrected chi connectivity index (χ2v) is 6.42. The van der Waals surface area contributed by atoms with E-state index >= 15 is 0 Å². The zero-order chi connectivity index (χ0) is 16.8. The van der Waals surface area contributed by atoms with E-state index < -0.39 is 4.92 Å². The van der Waals surface area contributed by atoms with Crippen molar-refractivity contribution in [3.8, 4) is 0 Å². The van der Waals surface area contributed by atoms with E-state index in [-0.39, 0.29) is 11.6 Å². The second-order valence-electron chi connectivity index (χ2n) is 6.42. The van der Waals surface area contributed by atoms with Gasteiger partial charge in [0.15, 0.2) is 0 Å². The fourth-order valence-corrected chi connectivity index (χ4v) is 3.25. The van der Waals surface area contributed by atoms with Gasteiger partial charge in [0.25, 0.3) is 11.6 Å². The number of benzene rings is 1. The minimum atomic E-state index is -0.431. The highest BCUT2D eigenvalue weighted by Gasteiger charge is 2.21. The lowest BCUT2D eigenvalue weighted by Gasteiger charge is -2.30. The summed E-state index contributed by atoms with van der Waals surface area (Å²) in [5.41, 5.74) is 1.03. The molecule has 0 radical (unpaired) electrons. The van der Waals surface area contributed by atoms with Crippen LogP contribution in [0.25, 0.3) is 0 Å². The fourth-order valence-electron chi connectivity index (χ4n) is 3.25. The third-order valence-electron chi connectivity index (χ3n) is 4.70. The number of nitrogens with zero attached hydrogens (tertiary/aromatic N) is 1. The molecule has 0 aliphatic carbocycles. The molecule has 0 bridgehead atoms. The molecule has 6 nitrogen and oxygen atoms in total. The average Bonchev–Trinajstić information content (AvgIpc) is 2.52. The van der Waals surface area contributed by atoms with Gasteiger partial charge in [-0.05, 0) is 45.2 Å². The molecular formula is C17H26N3O3+. The summed E-state index contributed by atoms with van der Waals surface area (Å²) in [5.74, 6) is -0.162. The molecule has 0 aromatic heterocycles. The Morgan fingerprint density at radius 1 is 1.43 bits per heavy atom. The zero-order valence-corrected chi connectivity index (χ0v) is 13.9. The minimum absolute atomic E-state index is 0.0456. The number of carbonyl (C=O) groups excluding carboxylic acids is 1. The lowest BCUT2D eigenvalue weighted by Crippen LogP contribution is -3.16. The number of nitro groups is 1. The maximum absolute atomic E-state index is 12.1. The molecule has 2 atom stereocenters. The van der Waals surface area contributed by atoms with Gasteiger partial charge in [-0.15, -0.1) is 0 Å². The van der Waals surface area contributed by atoms with Crippen LogP contribution in [-0.2, 0) is 0 Å². The minimum Gasteiger partial charge on any atom is -0.352 e. The monoisotopic (exact) mass is 320 g/mol. The van der Waals surface area contributed by atoms with E-state index in [1.54, 1.807) is 17.9 Å². The number of hydrogen-bond acceptors (Lipinski definition) is 3. The van der Waals surface area contributed by atoms with Crippen molar-refractivity contribution < 1.29 is 14.6 Å². The molecule has 1 fully saturated rings. The molecule has 126 valence electrons. The van der Waals surface area contributed by atoms with Gasteiger partial charge in [-0.1, -0.05) is 0 Å². The van der Waals surface area contributed by atoms with Crippen LogP contribution in [0.3, 0.4) is 0 Å². The number of nitrogens with one attached hydrogen (secondary N) is 2. The summed E-state index contributed by atoms with van der Waals surface area (Å²) in [5, 5.41) is 13.7. The topological polar surface area (TPSA) is 76.7 Å². The van der Waals surface area contributed by atoms with Crippen molar-refractivity contribution in [3.05, 3.63) is 39.4 Å². The van der Waals surface area contributed by atoms with Crippen LogP contribution >= 0.6 is 0 Å². The molecular weight excluding hydrogens is 294 g/mol. The maximum atomic E-state index is 12.1. The molecule has 1 aliphatic heterocycles. The number of carbonyl (C=O) groups is 1. The first kappa shape index (κ1) is 17.4. The summed E-state index contributed by atoms with van der Waals surface area (Å²) in [7, 11) is 0. The van der Waals surface area contributed by atoms with Gasteiger partial charge in [0, 0.05) is 30.2 Å². The highest BCUT2D eigenvalue weighted by atomic mass is 16.6. The molecule has 1 aromatic carbocycles. The van der Waals surface area contributed by atoms with Crippen LogP contribution in [0.5, 0.6) is 0 Å². The van der Waals surface area contributed by atoms with Crippen molar-refractivity contribution in [2.45, 2.75) is 45.6 Å². The lowest BCUT2D eigenvalue weighted by molar-refractivity contribution is -0.928. The Bertz CT molecular complexity index is 574. The number of aryl methyl sites for hydroxylation is 1. The van der Waals surface area contributed by atoms with E-state index in [0.29, 0.717) is 17.7 Å². The highest BCUT2D eigenvalue weighted by Crippen LogP contribution is 2.18. The number of quaternary nitrogens is 1. The Hall–Kier alpha value is -1.95. The van der Waals surface area contributed by atoms with E-state index in [1.165, 1.54) is 37.9 Å². The van der Waals surface area contributed by atoms with Gasteiger partial charge in [-0.3, -0.25) is 14.9 Å². The molecule has 0 saturated carbocycles. The molecule has 1 aromatic rings. The van der Waals surface area contributed by atoms with Gasteiger partial charge in [0.05, 0.1) is 24.1 Å². The molecule has 1 unspecified atom stereocenters. The summed E-state index contributed by atoms with van der Waals surface area (Å²) in [6, 6.07) is 5.20. The Labute approximate surface area is 137 Å². The molecule has 1 amide bonds. The van der Waals surface area contributed by atoms with Crippen molar-refractivity contribution in [1.82, 2.24) is 5.32 Å². The highest BCUT2D eigenvalue weighted by molar-refractivity contribution is 5.94. The smallest absolute Gasteiger partial charge is 0.272 e. The number of rotatable bonds is 6. The van der Waals surface area contributed by atoms with Crippen LogP contribution in [0, 0.1) is 17.0 Å². The van der Waals surface area contributed by atoms with E-state index in [1.807, 2.05) is 0 Å². The molecule has 2 N–H and O–H groups in total. The Balaban J connectivity index is 1.78. The molecule has 23 heavy (non-hydrogen) atoms. The molecule has 1 saturated heterocycles. The van der Waals surface area contributed by atoms with Crippen LogP contribution in [0.2, 0.25) is 0 Å². The van der Waals surface area contributed by atoms with Gasteiger partial charge >= 0.3 is 0 Å². The van der Waals surface area contributed by atoms with Crippen LogP contribution in [0.15, 0.2) is 18.2 Å². The van der Waals surface area contributed by atoms with Crippen LogP contribution in [-0.4, -0.2) is 36.5 Å². The fraction of sp³-hybridized carbons (Fsp3) is 0.588. The third-order valence-corrected chi connectivity index (χ3v) is 4.70. The summed E-state index contributed by atoms with van der Waals surface area (Å²) < 4.78 is 0. The van der Waals surface area contributed by atoms with Gasteiger partial charge < -0.3 is 10.2 Å². The largest absolute Gasteiger partial charge is 0.352 e. The van der Waals surface area contributed by atoms with Gasteiger partial charge in [-0.2, -0.15) is 0 Å². The van der Waals surface area contributed by atoms with Gasteiger partial charge in [-0.25, -0.2) is 0 Å². The summed E-state index contributed by atoms with van der Waals surface area (Å²) in [6.07, 6.45) is 4.89. The Kier molecular flexibility index (Phi) is 6.10. The molecule has 6 heteroatoms. The predicted octanol–water partition coefficient (Wildman–Crippen LogP) is 1.48. The van der Waals surface area contributed by atoms with E-state index in [9.17, 15) is 14.9 Å². The first-order valence-corrected chi connectivity index (χ1v) is 8.37. The quantitative estimate of drug-likeness (QED) is 0.473. The number of likely N-dealkylation sites (tertiary alicyclic amines) is 1. The predicted molar refractivity (Wildman–Crippen MR) is 88.8 cm³/mol. The maximum Gasteiger partial charge on any atom is 0.272 e. The van der Waals surface area contributed by atoms with E-state index in [2.05, 4.69) is 12.2 Å². The first-order chi connectivity index (χ1) is 11.0. The summed E-state index contributed by atoms with van der Waals surface area (Å²) in [6.45, 7) is 6.91. The normalized spacial score (nSPS) is 21.0. The van der Waals surface area contributed by atoms with Crippen molar-refractivity contribution in [2.75, 3.05) is 19.6 Å². The molecule has 2 rings (SSSR count). The average molecular weight is 320 g/mol. The lowest BCUT2D eigenvalue weighted by atomic mass is 10.0. The van der Waals surface area contributed by atoms with Gasteiger partial charge in [0.1, 0.15) is 0 Å². The summed E-state index contributed by atoms with van der Waals surface area (Å²) >= 11 is 0. The molecule has 1 aliphatic rings. The van der Waals surface area contributed by atoms with Crippen LogP contribution in [0.4, 0.5) is 5.69 Å². The number of nitro benzene ring substituents is 1.